The molecule has 5 heterocycles. The van der Waals surface area contributed by atoms with E-state index in [-0.39, 0.29) is 17.6 Å². The summed E-state index contributed by atoms with van der Waals surface area (Å²) in [6.07, 6.45) is 9.90. The van der Waals surface area contributed by atoms with Gasteiger partial charge in [-0.2, -0.15) is 0 Å². The minimum atomic E-state index is -0.700. The van der Waals surface area contributed by atoms with E-state index in [0.717, 1.165) is 73.3 Å². The van der Waals surface area contributed by atoms with Crippen LogP contribution in [0.15, 0.2) is 48.9 Å². The van der Waals surface area contributed by atoms with Crippen LogP contribution in [0.25, 0.3) is 21.9 Å². The third-order valence-electron chi connectivity index (χ3n) is 7.93. The van der Waals surface area contributed by atoms with Gasteiger partial charge in [0.25, 0.3) is 0 Å². The molecule has 2 aliphatic rings. The minimum absolute atomic E-state index is 0.0531. The van der Waals surface area contributed by atoms with Gasteiger partial charge in [0.2, 0.25) is 5.91 Å². The Morgan fingerprint density at radius 2 is 1.92 bits per heavy atom. The van der Waals surface area contributed by atoms with Crippen molar-refractivity contribution >= 4 is 33.5 Å². The number of benzene rings is 1. The number of fused-ring (bicyclic) bond motifs is 3. The summed E-state index contributed by atoms with van der Waals surface area (Å²) in [5, 5.41) is 2.20. The lowest BCUT2D eigenvalue weighted by molar-refractivity contribution is -0.134. The van der Waals surface area contributed by atoms with Gasteiger partial charge in [-0.1, -0.05) is 0 Å². The second kappa shape index (κ2) is 10.6. The zero-order valence-electron chi connectivity index (χ0n) is 21.2. The number of anilines is 1. The number of rotatable bonds is 6. The average molecular weight is 520 g/mol. The number of pyridine rings is 2. The summed E-state index contributed by atoms with van der Waals surface area (Å²) in [7, 11) is 0. The number of hydrogen-bond donors (Lipinski definition) is 1. The first-order chi connectivity index (χ1) is 18.5. The normalized spacial score (nSPS) is 18.8. The number of carbonyl (C=O) groups is 1. The highest BCUT2D eigenvalue weighted by molar-refractivity contribution is 6.09. The molecule has 1 unspecified atom stereocenters. The molecule has 0 radical (unpaired) electrons. The summed E-state index contributed by atoms with van der Waals surface area (Å²) in [5.74, 6) is -0.589. The summed E-state index contributed by atoms with van der Waals surface area (Å²) in [4.78, 5) is 29.6. The number of piperidine rings is 2. The van der Waals surface area contributed by atoms with E-state index in [1.807, 2.05) is 23.4 Å². The van der Waals surface area contributed by atoms with Crippen LogP contribution in [0.4, 0.5) is 14.5 Å². The topological polar surface area (TPSA) is 74.4 Å². The second-order valence-corrected chi connectivity index (χ2v) is 10.5. The molecule has 38 heavy (non-hydrogen) atoms. The maximum absolute atomic E-state index is 13.9. The smallest absolute Gasteiger partial charge is 0.222 e. The largest absolute Gasteiger partial charge is 0.490 e. The molecule has 4 aromatic rings. The van der Waals surface area contributed by atoms with Crippen molar-refractivity contribution in [3.63, 3.8) is 0 Å². The number of aromatic amines is 1. The number of aromatic nitrogens is 3. The van der Waals surface area contributed by atoms with Crippen molar-refractivity contribution in [3.8, 4) is 5.75 Å². The first-order valence-electron chi connectivity index (χ1n) is 13.4. The van der Waals surface area contributed by atoms with Crippen molar-refractivity contribution in [2.45, 2.75) is 32.1 Å². The van der Waals surface area contributed by atoms with E-state index in [2.05, 4.69) is 25.9 Å². The van der Waals surface area contributed by atoms with Crippen molar-refractivity contribution in [1.29, 1.82) is 0 Å². The zero-order valence-corrected chi connectivity index (χ0v) is 21.2. The third kappa shape index (κ3) is 5.01. The average Bonchev–Trinajstić information content (AvgIpc) is 3.42. The van der Waals surface area contributed by atoms with Crippen LogP contribution in [0.2, 0.25) is 0 Å². The Morgan fingerprint density at radius 3 is 2.76 bits per heavy atom. The van der Waals surface area contributed by atoms with E-state index in [4.69, 9.17) is 4.74 Å². The van der Waals surface area contributed by atoms with E-state index in [9.17, 15) is 13.6 Å². The fraction of sp³-hybridized carbons (Fsp3) is 0.414. The van der Waals surface area contributed by atoms with Crippen LogP contribution in [0.3, 0.4) is 0 Å². The molecule has 1 amide bonds. The van der Waals surface area contributed by atoms with Gasteiger partial charge in [0, 0.05) is 73.4 Å². The van der Waals surface area contributed by atoms with Gasteiger partial charge in [-0.3, -0.25) is 4.79 Å². The molecule has 1 atom stereocenters. The molecule has 1 aromatic carbocycles. The van der Waals surface area contributed by atoms with Gasteiger partial charge in [-0.25, -0.2) is 18.7 Å². The molecular weight excluding hydrogens is 488 g/mol. The Hall–Kier alpha value is -3.75. The van der Waals surface area contributed by atoms with Crippen LogP contribution < -0.4 is 9.64 Å². The molecule has 2 saturated heterocycles. The van der Waals surface area contributed by atoms with Crippen molar-refractivity contribution in [1.82, 2.24) is 19.9 Å². The first-order valence-corrected chi connectivity index (χ1v) is 13.4. The zero-order chi connectivity index (χ0) is 26.1. The lowest BCUT2D eigenvalue weighted by Crippen LogP contribution is -2.43. The van der Waals surface area contributed by atoms with E-state index < -0.39 is 11.6 Å². The van der Waals surface area contributed by atoms with Gasteiger partial charge in [0.05, 0.1) is 18.3 Å². The fourth-order valence-corrected chi connectivity index (χ4v) is 5.88. The monoisotopic (exact) mass is 519 g/mol. The van der Waals surface area contributed by atoms with E-state index in [1.165, 1.54) is 17.8 Å². The highest BCUT2D eigenvalue weighted by Gasteiger charge is 2.28. The van der Waals surface area contributed by atoms with Gasteiger partial charge in [-0.15, -0.1) is 0 Å². The van der Waals surface area contributed by atoms with Gasteiger partial charge in [0.15, 0.2) is 17.2 Å². The molecule has 0 saturated carbocycles. The lowest BCUT2D eigenvalue weighted by atomic mass is 9.91. The van der Waals surface area contributed by atoms with Gasteiger partial charge in [0.1, 0.15) is 5.82 Å². The number of carbonyl (C=O) groups excluding carboxylic acids is 1. The Bertz CT molecular complexity index is 1450. The van der Waals surface area contributed by atoms with Crippen molar-refractivity contribution in [2.24, 2.45) is 11.8 Å². The molecule has 1 N–H and O–H groups in total. The molecule has 7 nitrogen and oxygen atoms in total. The summed E-state index contributed by atoms with van der Waals surface area (Å²) >= 11 is 0. The maximum Gasteiger partial charge on any atom is 0.222 e. The molecule has 198 valence electrons. The van der Waals surface area contributed by atoms with E-state index in [0.29, 0.717) is 25.5 Å². The quantitative estimate of drug-likeness (QED) is 0.374. The van der Waals surface area contributed by atoms with Crippen LogP contribution >= 0.6 is 0 Å². The maximum atomic E-state index is 13.9. The number of hydrogen-bond acceptors (Lipinski definition) is 5. The Kier molecular flexibility index (Phi) is 6.82. The Balaban J connectivity index is 1.03. The second-order valence-electron chi connectivity index (χ2n) is 10.5. The predicted octanol–water partition coefficient (Wildman–Crippen LogP) is 5.31. The van der Waals surface area contributed by atoms with Crippen molar-refractivity contribution in [2.75, 3.05) is 37.7 Å². The molecule has 9 heteroatoms. The number of H-pyrrole nitrogens is 1. The highest BCUT2D eigenvalue weighted by atomic mass is 19.1. The highest BCUT2D eigenvalue weighted by Crippen LogP contribution is 2.34. The van der Waals surface area contributed by atoms with Crippen molar-refractivity contribution in [3.05, 3.63) is 60.6 Å². The number of ether oxygens (including phenoxy) is 1. The van der Waals surface area contributed by atoms with Gasteiger partial charge < -0.3 is 19.5 Å². The summed E-state index contributed by atoms with van der Waals surface area (Å²) in [6.45, 7) is 3.48. The fourth-order valence-electron chi connectivity index (χ4n) is 5.88. The van der Waals surface area contributed by atoms with Crippen LogP contribution in [-0.2, 0) is 4.79 Å². The predicted molar refractivity (Wildman–Crippen MR) is 142 cm³/mol. The van der Waals surface area contributed by atoms with Crippen LogP contribution in [-0.4, -0.2) is 58.5 Å². The van der Waals surface area contributed by atoms with Crippen LogP contribution in [0.5, 0.6) is 5.75 Å². The number of nitrogens with zero attached hydrogens (tertiary/aromatic N) is 4. The van der Waals surface area contributed by atoms with E-state index >= 15 is 0 Å². The molecule has 6 rings (SSSR count). The number of halogens is 2. The standard InChI is InChI=1S/C29H31F2N5O2/c30-21-3-4-26(23(31)15-21)38-18-20-2-1-11-36(17-20)27(37)14-19-7-12-35(13-8-19)25-6-10-32-24-16-34-29-22(28(24)25)5-9-33-29/h3-6,9-10,15-16,19-20,32H,1-2,7-8,11-14,17-18H2. The van der Waals surface area contributed by atoms with Crippen LogP contribution in [0.1, 0.15) is 32.1 Å². The summed E-state index contributed by atoms with van der Waals surface area (Å²) in [5.41, 5.74) is 2.93. The summed E-state index contributed by atoms with van der Waals surface area (Å²) < 4.78 is 32.7. The summed E-state index contributed by atoms with van der Waals surface area (Å²) in [6, 6.07) is 7.46. The molecule has 0 aliphatic carbocycles. The molecule has 2 fully saturated rings. The molecule has 2 aliphatic heterocycles. The first kappa shape index (κ1) is 24.6. The Morgan fingerprint density at radius 1 is 1.05 bits per heavy atom. The SMILES string of the molecule is O=C(CC1CCN(c2cc[nH]c3cnc4nccc4c23)CC1)N1CCCC(COc2ccc(F)cc2F)C1. The molecule has 0 spiro atoms. The lowest BCUT2D eigenvalue weighted by Gasteiger charge is -2.36. The minimum Gasteiger partial charge on any atom is -0.490 e. The Labute approximate surface area is 219 Å². The van der Waals surface area contributed by atoms with Gasteiger partial charge >= 0.3 is 0 Å². The number of likely N-dealkylation sites (tertiary alicyclic amines) is 1. The number of amides is 1. The molecule has 3 aromatic heterocycles. The van der Waals surface area contributed by atoms with E-state index in [1.54, 1.807) is 6.20 Å². The molecule has 0 bridgehead atoms. The third-order valence-corrected chi connectivity index (χ3v) is 7.93. The van der Waals surface area contributed by atoms with Crippen molar-refractivity contribution < 1.29 is 18.3 Å². The van der Waals surface area contributed by atoms with Gasteiger partial charge in [-0.05, 0) is 55.9 Å². The number of nitrogens with one attached hydrogen (secondary N) is 1. The van der Waals surface area contributed by atoms with Crippen LogP contribution in [0, 0.1) is 23.5 Å². The molecular formula is C29H31F2N5O2.